The second kappa shape index (κ2) is 13.1. The molecule has 38 heavy (non-hydrogen) atoms. The number of nitrogens with zero attached hydrogens (tertiary/aromatic N) is 3. The number of amides is 2. The Morgan fingerprint density at radius 3 is 2.53 bits per heavy atom. The zero-order chi connectivity index (χ0) is 27.9. The maximum absolute atomic E-state index is 13.8. The Hall–Kier alpha value is -3.14. The monoisotopic (exact) mass is 535 g/mol. The molecule has 1 aromatic carbocycles. The SMILES string of the molecule is CCCC1C(C(=O)N(CCC)CCC(O)c2ccccc2O)CCCN1C(=O)c1ncccc1C(F)(F)F. The van der Waals surface area contributed by atoms with E-state index in [0.29, 0.717) is 44.2 Å². The van der Waals surface area contributed by atoms with Gasteiger partial charge in [-0.3, -0.25) is 14.6 Å². The van der Waals surface area contributed by atoms with Crippen LogP contribution in [0.2, 0.25) is 0 Å². The Morgan fingerprint density at radius 2 is 1.87 bits per heavy atom. The van der Waals surface area contributed by atoms with Crippen molar-refractivity contribution in [2.75, 3.05) is 19.6 Å². The number of hydrogen-bond acceptors (Lipinski definition) is 5. The first-order chi connectivity index (χ1) is 18.1. The topological polar surface area (TPSA) is 94.0 Å². The molecule has 2 aromatic rings. The first-order valence-electron chi connectivity index (χ1n) is 13.2. The van der Waals surface area contributed by atoms with Gasteiger partial charge in [-0.05, 0) is 50.3 Å². The summed E-state index contributed by atoms with van der Waals surface area (Å²) >= 11 is 0. The standard InChI is InChI=1S/C28H36F3N3O4/c1-3-9-22-19(11-8-17-34(22)27(38)25-21(28(29,30)31)12-7-15-32-25)26(37)33(16-4-2)18-14-24(36)20-10-5-6-13-23(20)35/h5-7,10,12-13,15,19,22,24,35-36H,3-4,8-9,11,14,16-18H2,1-2H3. The van der Waals surface area contributed by atoms with Crippen LogP contribution in [0.1, 0.15) is 80.1 Å². The fraction of sp³-hybridized carbons (Fsp3) is 0.536. The van der Waals surface area contributed by atoms with Crippen LogP contribution in [0.25, 0.3) is 0 Å². The molecule has 10 heteroatoms. The van der Waals surface area contributed by atoms with Crippen molar-refractivity contribution in [2.24, 2.45) is 5.92 Å². The van der Waals surface area contributed by atoms with Crippen LogP contribution < -0.4 is 0 Å². The lowest BCUT2D eigenvalue weighted by Crippen LogP contribution is -2.54. The number of rotatable bonds is 10. The molecule has 1 fully saturated rings. The lowest BCUT2D eigenvalue weighted by Gasteiger charge is -2.42. The molecular formula is C28H36F3N3O4. The largest absolute Gasteiger partial charge is 0.508 e. The van der Waals surface area contributed by atoms with Crippen LogP contribution in [0.4, 0.5) is 13.2 Å². The average molecular weight is 536 g/mol. The zero-order valence-electron chi connectivity index (χ0n) is 21.8. The number of halogens is 3. The minimum atomic E-state index is -4.73. The highest BCUT2D eigenvalue weighted by Gasteiger charge is 2.43. The normalized spacial score (nSPS) is 18.7. The van der Waals surface area contributed by atoms with Gasteiger partial charge in [-0.25, -0.2) is 0 Å². The van der Waals surface area contributed by atoms with E-state index in [0.717, 1.165) is 12.1 Å². The number of aromatic hydroxyl groups is 1. The number of piperidine rings is 1. The Kier molecular flexibility index (Phi) is 10.1. The summed E-state index contributed by atoms with van der Waals surface area (Å²) in [5.41, 5.74) is -1.35. The van der Waals surface area contributed by atoms with Gasteiger partial charge in [-0.2, -0.15) is 13.2 Å². The minimum Gasteiger partial charge on any atom is -0.508 e. The van der Waals surface area contributed by atoms with Crippen molar-refractivity contribution in [3.63, 3.8) is 0 Å². The Labute approximate surface area is 221 Å². The van der Waals surface area contributed by atoms with Gasteiger partial charge in [0.2, 0.25) is 5.91 Å². The van der Waals surface area contributed by atoms with Crippen molar-refractivity contribution < 1.29 is 33.0 Å². The van der Waals surface area contributed by atoms with Crippen LogP contribution in [0.3, 0.4) is 0 Å². The van der Waals surface area contributed by atoms with Crippen LogP contribution in [-0.4, -0.2) is 62.5 Å². The summed E-state index contributed by atoms with van der Waals surface area (Å²) in [5.74, 6) is -1.58. The summed E-state index contributed by atoms with van der Waals surface area (Å²) in [6, 6.07) is 7.92. The summed E-state index contributed by atoms with van der Waals surface area (Å²) < 4.78 is 40.8. The fourth-order valence-corrected chi connectivity index (χ4v) is 5.23. The van der Waals surface area contributed by atoms with Crippen molar-refractivity contribution in [1.82, 2.24) is 14.8 Å². The first kappa shape index (κ1) is 29.4. The molecular weight excluding hydrogens is 499 g/mol. The molecule has 7 nitrogen and oxygen atoms in total. The third-order valence-corrected chi connectivity index (χ3v) is 7.03. The molecule has 0 bridgehead atoms. The van der Waals surface area contributed by atoms with Gasteiger partial charge in [0.15, 0.2) is 0 Å². The number of benzene rings is 1. The third kappa shape index (κ3) is 6.83. The van der Waals surface area contributed by atoms with E-state index >= 15 is 0 Å². The van der Waals surface area contributed by atoms with E-state index in [4.69, 9.17) is 0 Å². The quantitative estimate of drug-likeness (QED) is 0.437. The predicted octanol–water partition coefficient (Wildman–Crippen LogP) is 5.19. The van der Waals surface area contributed by atoms with Crippen LogP contribution in [0.15, 0.2) is 42.6 Å². The lowest BCUT2D eigenvalue weighted by molar-refractivity contribution is -0.140. The number of hydrogen-bond donors (Lipinski definition) is 2. The number of aliphatic hydroxyl groups is 1. The molecule has 1 aromatic heterocycles. The first-order valence-corrected chi connectivity index (χ1v) is 13.2. The predicted molar refractivity (Wildman–Crippen MR) is 136 cm³/mol. The number of carbonyl (C=O) groups is 2. The molecule has 208 valence electrons. The second-order valence-corrected chi connectivity index (χ2v) is 9.69. The average Bonchev–Trinajstić information content (AvgIpc) is 2.90. The molecule has 3 rings (SSSR count). The number of phenols is 1. The summed E-state index contributed by atoms with van der Waals surface area (Å²) in [4.78, 5) is 34.0. The number of para-hydroxylation sites is 1. The summed E-state index contributed by atoms with van der Waals surface area (Å²) in [6.07, 6.45) is -1.53. The van der Waals surface area contributed by atoms with E-state index in [1.165, 1.54) is 17.2 Å². The third-order valence-electron chi connectivity index (χ3n) is 7.03. The number of aliphatic hydroxyl groups excluding tert-OH is 1. The number of alkyl halides is 3. The molecule has 2 N–H and O–H groups in total. The number of likely N-dealkylation sites (tertiary alicyclic amines) is 1. The van der Waals surface area contributed by atoms with Crippen LogP contribution in [-0.2, 0) is 11.0 Å². The fourth-order valence-electron chi connectivity index (χ4n) is 5.23. The molecule has 1 aliphatic heterocycles. The molecule has 3 atom stereocenters. The molecule has 0 spiro atoms. The van der Waals surface area contributed by atoms with Gasteiger partial charge in [0.1, 0.15) is 11.4 Å². The Balaban J connectivity index is 1.82. The van der Waals surface area contributed by atoms with E-state index < -0.39 is 41.4 Å². The second-order valence-electron chi connectivity index (χ2n) is 9.69. The molecule has 1 aliphatic rings. The van der Waals surface area contributed by atoms with E-state index in [-0.39, 0.29) is 31.2 Å². The van der Waals surface area contributed by atoms with Gasteiger partial charge in [-0.1, -0.05) is 38.5 Å². The highest BCUT2D eigenvalue weighted by molar-refractivity contribution is 5.95. The van der Waals surface area contributed by atoms with Crippen molar-refractivity contribution in [3.05, 3.63) is 59.4 Å². The van der Waals surface area contributed by atoms with Crippen LogP contribution in [0.5, 0.6) is 5.75 Å². The van der Waals surface area contributed by atoms with Crippen LogP contribution >= 0.6 is 0 Å². The Bertz CT molecular complexity index is 1100. The molecule has 3 unspecified atom stereocenters. The summed E-state index contributed by atoms with van der Waals surface area (Å²) in [5, 5.41) is 20.7. The van der Waals surface area contributed by atoms with Gasteiger partial charge < -0.3 is 20.0 Å². The van der Waals surface area contributed by atoms with Crippen molar-refractivity contribution in [1.29, 1.82) is 0 Å². The van der Waals surface area contributed by atoms with Gasteiger partial charge in [0, 0.05) is 37.4 Å². The van der Waals surface area contributed by atoms with Gasteiger partial charge in [0.05, 0.1) is 17.6 Å². The van der Waals surface area contributed by atoms with Gasteiger partial charge >= 0.3 is 6.18 Å². The smallest absolute Gasteiger partial charge is 0.418 e. The number of phenolic OH excluding ortho intramolecular Hbond substituents is 1. The van der Waals surface area contributed by atoms with Crippen LogP contribution in [0, 0.1) is 5.92 Å². The van der Waals surface area contributed by atoms with Gasteiger partial charge in [-0.15, -0.1) is 0 Å². The minimum absolute atomic E-state index is 0.0226. The molecule has 2 heterocycles. The summed E-state index contributed by atoms with van der Waals surface area (Å²) in [7, 11) is 0. The molecule has 1 saturated heterocycles. The lowest BCUT2D eigenvalue weighted by atomic mass is 9.84. The molecule has 0 saturated carbocycles. The maximum Gasteiger partial charge on any atom is 0.418 e. The number of aromatic nitrogens is 1. The highest BCUT2D eigenvalue weighted by Crippen LogP contribution is 2.35. The zero-order valence-corrected chi connectivity index (χ0v) is 21.8. The van der Waals surface area contributed by atoms with Crippen molar-refractivity contribution in [2.45, 2.75) is 70.7 Å². The maximum atomic E-state index is 13.8. The number of carbonyl (C=O) groups excluding carboxylic acids is 2. The van der Waals surface area contributed by atoms with E-state index in [9.17, 15) is 33.0 Å². The van der Waals surface area contributed by atoms with Gasteiger partial charge in [0.25, 0.3) is 5.91 Å². The van der Waals surface area contributed by atoms with Crippen molar-refractivity contribution >= 4 is 11.8 Å². The van der Waals surface area contributed by atoms with E-state index in [1.54, 1.807) is 23.1 Å². The van der Waals surface area contributed by atoms with E-state index in [1.807, 2.05) is 13.8 Å². The van der Waals surface area contributed by atoms with Crippen molar-refractivity contribution in [3.8, 4) is 5.75 Å². The number of pyridine rings is 1. The van der Waals surface area contributed by atoms with E-state index in [2.05, 4.69) is 4.98 Å². The Morgan fingerprint density at radius 1 is 1.13 bits per heavy atom. The molecule has 0 aliphatic carbocycles. The highest BCUT2D eigenvalue weighted by atomic mass is 19.4. The molecule has 2 amide bonds. The molecule has 0 radical (unpaired) electrons. The summed E-state index contributed by atoms with van der Waals surface area (Å²) in [6.45, 7) is 4.77.